The van der Waals surface area contributed by atoms with Crippen molar-refractivity contribution in [2.24, 2.45) is 0 Å². The maximum Gasteiger partial charge on any atom is 0.347 e. The minimum absolute atomic E-state index is 0.214. The Morgan fingerprint density at radius 3 is 2.92 bits per heavy atom. The van der Waals surface area contributed by atoms with Crippen molar-refractivity contribution in [2.45, 2.75) is 0 Å². The van der Waals surface area contributed by atoms with Gasteiger partial charge >= 0.3 is 5.63 Å². The van der Waals surface area contributed by atoms with Crippen LogP contribution in [0.5, 0.6) is 0 Å². The molecule has 0 amide bonds. The van der Waals surface area contributed by atoms with Gasteiger partial charge in [-0.2, -0.15) is 0 Å². The number of fused-ring (bicyclic) bond motifs is 1. The fraction of sp³-hybridized carbons (Fsp3) is 0. The summed E-state index contributed by atoms with van der Waals surface area (Å²) in [5.41, 5.74) is 0.271. The molecule has 2 aromatic rings. The van der Waals surface area contributed by atoms with Gasteiger partial charge < -0.3 is 4.42 Å². The molecule has 0 aliphatic heterocycles. The highest BCUT2D eigenvalue weighted by Gasteiger charge is 2.01. The normalized spacial score (nSPS) is 10.4. The van der Waals surface area contributed by atoms with Gasteiger partial charge in [0.1, 0.15) is 0 Å². The zero-order valence-corrected chi connectivity index (χ0v) is 7.54. The predicted molar refractivity (Wildman–Crippen MR) is 48.0 cm³/mol. The second-order valence-electron chi connectivity index (χ2n) is 2.27. The fourth-order valence-electron chi connectivity index (χ4n) is 0.993. The molecule has 12 heavy (non-hydrogen) atoms. The summed E-state index contributed by atoms with van der Waals surface area (Å²) in [5, 5.41) is 0.501. The minimum atomic E-state index is -0.368. The second kappa shape index (κ2) is 2.71. The first kappa shape index (κ1) is 7.49. The van der Waals surface area contributed by atoms with Crippen molar-refractivity contribution in [2.75, 3.05) is 0 Å². The smallest absolute Gasteiger partial charge is 0.347 e. The summed E-state index contributed by atoms with van der Waals surface area (Å²) >= 11 is 3.01. The van der Waals surface area contributed by atoms with Crippen molar-refractivity contribution in [3.63, 3.8) is 0 Å². The number of aromatic nitrogens is 1. The van der Waals surface area contributed by atoms with Crippen LogP contribution in [0.1, 0.15) is 0 Å². The fourth-order valence-corrected chi connectivity index (χ4v) is 1.33. The van der Waals surface area contributed by atoms with Gasteiger partial charge in [-0.25, -0.2) is 9.78 Å². The predicted octanol–water partition coefficient (Wildman–Crippen LogP) is 1.95. The molecule has 0 saturated heterocycles. The molecule has 1 aromatic heterocycles. The summed E-state index contributed by atoms with van der Waals surface area (Å²) in [4.78, 5) is 15.4. The zero-order valence-electron chi connectivity index (χ0n) is 5.95. The summed E-state index contributed by atoms with van der Waals surface area (Å²) in [6.07, 6.45) is 0. The van der Waals surface area contributed by atoms with E-state index < -0.39 is 0 Å². The molecule has 3 nitrogen and oxygen atoms in total. The van der Waals surface area contributed by atoms with E-state index in [0.717, 1.165) is 0 Å². The lowest BCUT2D eigenvalue weighted by atomic mass is 10.2. The van der Waals surface area contributed by atoms with Crippen LogP contribution in [0.3, 0.4) is 0 Å². The van der Waals surface area contributed by atoms with Crippen molar-refractivity contribution in [1.82, 2.24) is 4.98 Å². The maximum absolute atomic E-state index is 11.2. The Bertz CT molecular complexity index is 478. The lowest BCUT2D eigenvalue weighted by Crippen LogP contribution is -2.00. The van der Waals surface area contributed by atoms with Crippen molar-refractivity contribution in [3.8, 4) is 0 Å². The van der Waals surface area contributed by atoms with Crippen molar-refractivity contribution in [3.05, 3.63) is 39.5 Å². The van der Waals surface area contributed by atoms with E-state index in [9.17, 15) is 4.79 Å². The van der Waals surface area contributed by atoms with E-state index in [0.29, 0.717) is 10.9 Å². The van der Waals surface area contributed by atoms with E-state index in [2.05, 4.69) is 20.9 Å². The molecular formula is C8H4BrNO2. The van der Waals surface area contributed by atoms with Gasteiger partial charge in [0.25, 0.3) is 4.80 Å². The van der Waals surface area contributed by atoms with Crippen LogP contribution in [0.15, 0.2) is 38.3 Å². The summed E-state index contributed by atoms with van der Waals surface area (Å²) in [6.45, 7) is 0. The molecule has 0 N–H and O–H groups in total. The molecule has 1 aromatic carbocycles. The van der Waals surface area contributed by atoms with E-state index >= 15 is 0 Å². The Kier molecular flexibility index (Phi) is 1.69. The SMILES string of the molecule is O=c1oc(Br)nc2ccccc12. The molecule has 0 bridgehead atoms. The van der Waals surface area contributed by atoms with Crippen LogP contribution in [-0.2, 0) is 0 Å². The van der Waals surface area contributed by atoms with Gasteiger partial charge in [-0.1, -0.05) is 12.1 Å². The quantitative estimate of drug-likeness (QED) is 0.689. The molecular weight excluding hydrogens is 222 g/mol. The van der Waals surface area contributed by atoms with E-state index in [1.165, 1.54) is 0 Å². The Labute approximate surface area is 76.2 Å². The largest absolute Gasteiger partial charge is 0.397 e. The molecule has 0 aliphatic rings. The van der Waals surface area contributed by atoms with E-state index in [1.807, 2.05) is 6.07 Å². The Hall–Kier alpha value is -1.16. The number of nitrogens with zero attached hydrogens (tertiary/aromatic N) is 1. The lowest BCUT2D eigenvalue weighted by molar-refractivity contribution is 0.473. The second-order valence-corrected chi connectivity index (χ2v) is 2.95. The van der Waals surface area contributed by atoms with Crippen LogP contribution in [-0.4, -0.2) is 4.98 Å². The standard InChI is InChI=1S/C8H4BrNO2/c9-8-10-6-4-2-1-3-5(6)7(11)12-8/h1-4H. The van der Waals surface area contributed by atoms with E-state index in [1.54, 1.807) is 18.2 Å². The molecule has 4 heteroatoms. The van der Waals surface area contributed by atoms with Crippen molar-refractivity contribution < 1.29 is 4.42 Å². The Morgan fingerprint density at radius 2 is 2.08 bits per heavy atom. The molecule has 0 spiro atoms. The molecule has 0 saturated carbocycles. The molecule has 0 fully saturated rings. The monoisotopic (exact) mass is 225 g/mol. The molecule has 60 valence electrons. The van der Waals surface area contributed by atoms with Crippen LogP contribution < -0.4 is 5.63 Å². The zero-order chi connectivity index (χ0) is 8.55. The third-order valence-corrected chi connectivity index (χ3v) is 1.85. The minimum Gasteiger partial charge on any atom is -0.397 e. The summed E-state index contributed by atoms with van der Waals surface area (Å²) < 4.78 is 4.74. The van der Waals surface area contributed by atoms with Gasteiger partial charge in [-0.05, 0) is 12.1 Å². The number of rotatable bonds is 0. The molecule has 0 unspecified atom stereocenters. The molecule has 0 atom stereocenters. The molecule has 2 rings (SSSR count). The van der Waals surface area contributed by atoms with Crippen molar-refractivity contribution in [1.29, 1.82) is 0 Å². The first-order chi connectivity index (χ1) is 5.77. The molecule has 0 aliphatic carbocycles. The highest BCUT2D eigenvalue weighted by Crippen LogP contribution is 2.10. The number of benzene rings is 1. The van der Waals surface area contributed by atoms with Crippen molar-refractivity contribution >= 4 is 26.8 Å². The van der Waals surface area contributed by atoms with Crippen LogP contribution in [0.25, 0.3) is 10.9 Å². The Balaban J connectivity index is 2.99. The van der Waals surface area contributed by atoms with Gasteiger partial charge in [-0.15, -0.1) is 0 Å². The van der Waals surface area contributed by atoms with E-state index in [-0.39, 0.29) is 10.4 Å². The lowest BCUT2D eigenvalue weighted by Gasteiger charge is -1.93. The topological polar surface area (TPSA) is 43.1 Å². The van der Waals surface area contributed by atoms with Crippen LogP contribution in [0.2, 0.25) is 0 Å². The van der Waals surface area contributed by atoms with Gasteiger partial charge in [0.2, 0.25) is 0 Å². The third-order valence-electron chi connectivity index (χ3n) is 1.51. The van der Waals surface area contributed by atoms with E-state index in [4.69, 9.17) is 4.42 Å². The van der Waals surface area contributed by atoms with Crippen LogP contribution >= 0.6 is 15.9 Å². The number of para-hydroxylation sites is 1. The Morgan fingerprint density at radius 1 is 1.33 bits per heavy atom. The molecule has 1 heterocycles. The summed E-state index contributed by atoms with van der Waals surface area (Å²) in [7, 11) is 0. The number of hydrogen-bond donors (Lipinski definition) is 0. The van der Waals surface area contributed by atoms with Gasteiger partial charge in [-0.3, -0.25) is 0 Å². The number of halogens is 1. The molecule has 0 radical (unpaired) electrons. The third kappa shape index (κ3) is 1.14. The number of hydrogen-bond acceptors (Lipinski definition) is 3. The van der Waals surface area contributed by atoms with Crippen LogP contribution in [0.4, 0.5) is 0 Å². The van der Waals surface area contributed by atoms with Crippen LogP contribution in [0, 0.1) is 0 Å². The van der Waals surface area contributed by atoms with Gasteiger partial charge in [0, 0.05) is 15.9 Å². The first-order valence-electron chi connectivity index (χ1n) is 3.33. The maximum atomic E-state index is 11.2. The highest BCUT2D eigenvalue weighted by molar-refractivity contribution is 9.10. The van der Waals surface area contributed by atoms with Gasteiger partial charge in [0.05, 0.1) is 10.9 Å². The van der Waals surface area contributed by atoms with Gasteiger partial charge in [0.15, 0.2) is 0 Å². The average Bonchev–Trinajstić information content (AvgIpc) is 2.04. The highest BCUT2D eigenvalue weighted by atomic mass is 79.9. The first-order valence-corrected chi connectivity index (χ1v) is 4.12. The summed E-state index contributed by atoms with van der Waals surface area (Å²) in [6, 6.07) is 7.04. The summed E-state index contributed by atoms with van der Waals surface area (Å²) in [5.74, 6) is 0. The average molecular weight is 226 g/mol.